The van der Waals surface area contributed by atoms with Crippen LogP contribution in [-0.4, -0.2) is 40.1 Å². The number of fused-ring (bicyclic) bond motifs is 1. The lowest BCUT2D eigenvalue weighted by Crippen LogP contribution is -2.28. The van der Waals surface area contributed by atoms with Crippen LogP contribution in [0.5, 0.6) is 0 Å². The van der Waals surface area contributed by atoms with E-state index in [2.05, 4.69) is 10.3 Å². The third kappa shape index (κ3) is 4.86. The smallest absolute Gasteiger partial charge is 0.348 e. The summed E-state index contributed by atoms with van der Waals surface area (Å²) < 4.78 is 11.4. The summed E-state index contributed by atoms with van der Waals surface area (Å²) in [4.78, 5) is 54.9. The number of para-hydroxylation sites is 1. The first-order chi connectivity index (χ1) is 15.2. The van der Waals surface area contributed by atoms with Crippen molar-refractivity contribution >= 4 is 45.1 Å². The Bertz CT molecular complexity index is 1240. The number of esters is 2. The molecule has 10 heteroatoms. The van der Waals surface area contributed by atoms with Crippen molar-refractivity contribution in [2.24, 2.45) is 0 Å². The first kappa shape index (κ1) is 23.1. The van der Waals surface area contributed by atoms with Crippen LogP contribution in [0.1, 0.15) is 46.4 Å². The Morgan fingerprint density at radius 1 is 1.19 bits per heavy atom. The molecule has 0 spiro atoms. The number of carbonyl (C=O) groups excluding carboxylic acids is 3. The van der Waals surface area contributed by atoms with Crippen LogP contribution in [0.4, 0.5) is 5.69 Å². The maximum atomic E-state index is 13.0. The number of amides is 1. The highest BCUT2D eigenvalue weighted by atomic mass is 32.1. The van der Waals surface area contributed by atoms with Crippen molar-refractivity contribution in [2.75, 3.05) is 11.9 Å². The Morgan fingerprint density at radius 2 is 1.91 bits per heavy atom. The zero-order valence-corrected chi connectivity index (χ0v) is 18.9. The SMILES string of the molecule is CCOC(=O)c1ccccc1NC(=O)Cn1cnc2sc(C(=O)OC(C)C)c(C)c2c1=O. The Morgan fingerprint density at radius 3 is 2.59 bits per heavy atom. The molecule has 1 aromatic carbocycles. The molecule has 0 saturated heterocycles. The van der Waals surface area contributed by atoms with Crippen LogP contribution < -0.4 is 10.9 Å². The van der Waals surface area contributed by atoms with Crippen LogP contribution in [0.25, 0.3) is 10.2 Å². The zero-order valence-electron chi connectivity index (χ0n) is 18.1. The van der Waals surface area contributed by atoms with Gasteiger partial charge < -0.3 is 14.8 Å². The highest BCUT2D eigenvalue weighted by molar-refractivity contribution is 7.20. The average molecular weight is 458 g/mol. The van der Waals surface area contributed by atoms with Crippen molar-refractivity contribution in [1.82, 2.24) is 9.55 Å². The number of anilines is 1. The highest BCUT2D eigenvalue weighted by Crippen LogP contribution is 2.27. The van der Waals surface area contributed by atoms with Crippen LogP contribution in [0.2, 0.25) is 0 Å². The number of aryl methyl sites for hydroxylation is 1. The number of thiophene rings is 1. The topological polar surface area (TPSA) is 117 Å². The van der Waals surface area contributed by atoms with Gasteiger partial charge in [-0.05, 0) is 45.4 Å². The first-order valence-corrected chi connectivity index (χ1v) is 10.8. The van der Waals surface area contributed by atoms with Gasteiger partial charge in [0.25, 0.3) is 5.56 Å². The van der Waals surface area contributed by atoms with E-state index in [9.17, 15) is 19.2 Å². The monoisotopic (exact) mass is 457 g/mol. The molecular weight excluding hydrogens is 434 g/mol. The predicted molar refractivity (Wildman–Crippen MR) is 120 cm³/mol. The van der Waals surface area contributed by atoms with E-state index in [0.29, 0.717) is 15.3 Å². The van der Waals surface area contributed by atoms with Gasteiger partial charge in [0.05, 0.1) is 35.7 Å². The molecule has 2 heterocycles. The molecule has 1 N–H and O–H groups in total. The number of ether oxygens (including phenoxy) is 2. The number of nitrogens with zero attached hydrogens (tertiary/aromatic N) is 2. The lowest BCUT2D eigenvalue weighted by atomic mass is 10.2. The lowest BCUT2D eigenvalue weighted by Gasteiger charge is -2.11. The van der Waals surface area contributed by atoms with E-state index < -0.39 is 23.4 Å². The van der Waals surface area contributed by atoms with Crippen LogP contribution in [0, 0.1) is 6.92 Å². The van der Waals surface area contributed by atoms with Crippen molar-refractivity contribution in [3.63, 3.8) is 0 Å². The Kier molecular flexibility index (Phi) is 7.04. The molecule has 0 unspecified atom stereocenters. The summed E-state index contributed by atoms with van der Waals surface area (Å²) in [5.74, 6) is -1.59. The fourth-order valence-corrected chi connectivity index (χ4v) is 4.08. The normalized spacial score (nSPS) is 10.9. The highest BCUT2D eigenvalue weighted by Gasteiger charge is 2.22. The van der Waals surface area contributed by atoms with E-state index >= 15 is 0 Å². The van der Waals surface area contributed by atoms with Gasteiger partial charge >= 0.3 is 11.9 Å². The molecule has 3 aromatic rings. The van der Waals surface area contributed by atoms with Crippen LogP contribution in [0.15, 0.2) is 35.4 Å². The predicted octanol–water partition coefficient (Wildman–Crippen LogP) is 3.15. The minimum absolute atomic E-state index is 0.203. The summed E-state index contributed by atoms with van der Waals surface area (Å²) in [6.45, 7) is 6.71. The number of aromatic nitrogens is 2. The molecule has 0 aliphatic heterocycles. The molecule has 168 valence electrons. The quantitative estimate of drug-likeness (QED) is 0.542. The third-order valence-electron chi connectivity index (χ3n) is 4.46. The maximum Gasteiger partial charge on any atom is 0.348 e. The van der Waals surface area contributed by atoms with Crippen LogP contribution in [0.3, 0.4) is 0 Å². The average Bonchev–Trinajstić information content (AvgIpc) is 3.07. The van der Waals surface area contributed by atoms with Crippen molar-refractivity contribution < 1.29 is 23.9 Å². The van der Waals surface area contributed by atoms with Crippen molar-refractivity contribution in [3.8, 4) is 0 Å². The second-order valence-electron chi connectivity index (χ2n) is 7.18. The number of rotatable bonds is 7. The Labute approximate surface area is 188 Å². The molecule has 0 bridgehead atoms. The summed E-state index contributed by atoms with van der Waals surface area (Å²) in [6.07, 6.45) is 0.965. The van der Waals surface area contributed by atoms with Crippen LogP contribution >= 0.6 is 11.3 Å². The first-order valence-electron chi connectivity index (χ1n) is 9.98. The molecule has 0 aliphatic rings. The van der Waals surface area contributed by atoms with Gasteiger partial charge in [0.2, 0.25) is 5.91 Å². The molecule has 0 fully saturated rings. The zero-order chi connectivity index (χ0) is 23.4. The number of hydrogen-bond acceptors (Lipinski definition) is 8. The van der Waals surface area contributed by atoms with Gasteiger partial charge in [-0.15, -0.1) is 11.3 Å². The van der Waals surface area contributed by atoms with E-state index in [0.717, 1.165) is 15.9 Å². The van der Waals surface area contributed by atoms with E-state index in [1.54, 1.807) is 52.0 Å². The third-order valence-corrected chi connectivity index (χ3v) is 5.64. The molecule has 3 rings (SSSR count). The molecule has 9 nitrogen and oxygen atoms in total. The van der Waals surface area contributed by atoms with Crippen molar-refractivity contribution in [2.45, 2.75) is 40.3 Å². The summed E-state index contributed by atoms with van der Waals surface area (Å²) in [5.41, 5.74) is 0.519. The number of hydrogen-bond donors (Lipinski definition) is 1. The minimum Gasteiger partial charge on any atom is -0.462 e. The molecule has 32 heavy (non-hydrogen) atoms. The van der Waals surface area contributed by atoms with Gasteiger partial charge in [-0.25, -0.2) is 14.6 Å². The fourth-order valence-electron chi connectivity index (χ4n) is 3.06. The maximum absolute atomic E-state index is 13.0. The summed E-state index contributed by atoms with van der Waals surface area (Å²) in [5, 5.41) is 2.91. The molecule has 0 atom stereocenters. The number of carbonyl (C=O) groups is 3. The lowest BCUT2D eigenvalue weighted by molar-refractivity contribution is -0.116. The standard InChI is InChI=1S/C22H23N3O6S/c1-5-30-21(28)14-8-6-7-9-15(14)24-16(26)10-25-11-23-19-17(20(25)27)13(4)18(32-19)22(29)31-12(2)3/h6-9,11-12H,5,10H2,1-4H3,(H,24,26). The Balaban J connectivity index is 1.86. The molecule has 1 amide bonds. The van der Waals surface area contributed by atoms with E-state index in [4.69, 9.17) is 9.47 Å². The van der Waals surface area contributed by atoms with Gasteiger partial charge in [-0.3, -0.25) is 14.2 Å². The van der Waals surface area contributed by atoms with Gasteiger partial charge in [-0.1, -0.05) is 12.1 Å². The van der Waals surface area contributed by atoms with Gasteiger partial charge in [0.1, 0.15) is 16.3 Å². The van der Waals surface area contributed by atoms with Gasteiger partial charge in [-0.2, -0.15) is 0 Å². The van der Waals surface area contributed by atoms with E-state index in [-0.39, 0.29) is 35.9 Å². The van der Waals surface area contributed by atoms with Crippen molar-refractivity contribution in [3.05, 3.63) is 57.0 Å². The second kappa shape index (κ2) is 9.73. The molecule has 0 aliphatic carbocycles. The molecule has 2 aromatic heterocycles. The van der Waals surface area contributed by atoms with Gasteiger partial charge in [0, 0.05) is 0 Å². The van der Waals surface area contributed by atoms with E-state index in [1.165, 1.54) is 6.33 Å². The summed E-state index contributed by atoms with van der Waals surface area (Å²) >= 11 is 1.08. The largest absolute Gasteiger partial charge is 0.462 e. The Hall–Kier alpha value is -3.53. The summed E-state index contributed by atoms with van der Waals surface area (Å²) in [6, 6.07) is 6.44. The molecule has 0 radical (unpaired) electrons. The minimum atomic E-state index is -0.557. The molecular formula is C22H23N3O6S. The van der Waals surface area contributed by atoms with Crippen molar-refractivity contribution in [1.29, 1.82) is 0 Å². The van der Waals surface area contributed by atoms with Gasteiger partial charge in [0.15, 0.2) is 0 Å². The van der Waals surface area contributed by atoms with Crippen LogP contribution in [-0.2, 0) is 20.8 Å². The molecule has 0 saturated carbocycles. The number of nitrogens with one attached hydrogen (secondary N) is 1. The summed E-state index contributed by atoms with van der Waals surface area (Å²) in [7, 11) is 0. The fraction of sp³-hybridized carbons (Fsp3) is 0.318. The number of benzene rings is 1. The second-order valence-corrected chi connectivity index (χ2v) is 8.18. The van der Waals surface area contributed by atoms with E-state index in [1.807, 2.05) is 0 Å².